The van der Waals surface area contributed by atoms with E-state index >= 15 is 0 Å². The van der Waals surface area contributed by atoms with Gasteiger partial charge in [0, 0.05) is 4.53 Å². The molecule has 1 N–H and O–H groups in total. The Balaban J connectivity index is 1.22. The molecule has 7 nitrogen and oxygen atoms in total. The Labute approximate surface area is 206 Å². The van der Waals surface area contributed by atoms with Crippen LogP contribution in [0.4, 0.5) is 4.53 Å². The van der Waals surface area contributed by atoms with E-state index in [4.69, 9.17) is 9.47 Å². The second-order valence-electron chi connectivity index (χ2n) is 13.2. The van der Waals surface area contributed by atoms with Crippen LogP contribution in [0.1, 0.15) is 97.3 Å². The van der Waals surface area contributed by atoms with Gasteiger partial charge in [-0.2, -0.15) is 0 Å². The van der Waals surface area contributed by atoms with Gasteiger partial charge in [-0.25, -0.2) is 4.79 Å². The number of hydrogen-bond donors (Lipinski definition) is 1. The maximum atomic E-state index is 12.9. The second kappa shape index (κ2) is 9.00. The van der Waals surface area contributed by atoms with Crippen LogP contribution in [0.15, 0.2) is 0 Å². The molecule has 8 heteroatoms. The Morgan fingerprint density at radius 3 is 1.69 bits per heavy atom. The summed E-state index contributed by atoms with van der Waals surface area (Å²) >= 11 is 0. The van der Waals surface area contributed by atoms with E-state index in [-0.39, 0.29) is 0 Å². The third kappa shape index (κ3) is 5.23. The van der Waals surface area contributed by atoms with Crippen molar-refractivity contribution in [3.05, 3.63) is 0 Å². The standard InChI is InChI=1S/C27H39FO7/c1-16-3-17-5-18(4-16)10-25(2,9-17)33-22(29)14-27(32,24(31)35-28)15-23(30)34-26-11-19-6-20(12-26)8-21(7-19)13-26/h16-21,32H,3-15H2,1-2H3. The number of ether oxygens (including phenoxy) is 2. The van der Waals surface area contributed by atoms with Crippen LogP contribution in [0.5, 0.6) is 0 Å². The molecule has 0 aliphatic heterocycles. The molecule has 6 rings (SSSR count). The zero-order valence-corrected chi connectivity index (χ0v) is 20.9. The highest BCUT2D eigenvalue weighted by atomic mass is 19.3. The van der Waals surface area contributed by atoms with Crippen molar-refractivity contribution < 1.29 is 38.4 Å². The predicted molar refractivity (Wildman–Crippen MR) is 122 cm³/mol. The molecular formula is C27H39FO7. The van der Waals surface area contributed by atoms with Crippen LogP contribution in [-0.4, -0.2) is 39.8 Å². The summed E-state index contributed by atoms with van der Waals surface area (Å²) < 4.78 is 24.6. The summed E-state index contributed by atoms with van der Waals surface area (Å²) in [5.74, 6) is -0.0938. The first kappa shape index (κ1) is 25.0. The van der Waals surface area contributed by atoms with E-state index in [1.165, 1.54) is 19.3 Å². The highest BCUT2D eigenvalue weighted by molar-refractivity contribution is 5.90. The molecule has 35 heavy (non-hydrogen) atoms. The van der Waals surface area contributed by atoms with Crippen molar-refractivity contribution in [3.63, 3.8) is 0 Å². The number of carbonyl (C=O) groups excluding carboxylic acids is 3. The summed E-state index contributed by atoms with van der Waals surface area (Å²) in [5, 5.41) is 10.9. The summed E-state index contributed by atoms with van der Waals surface area (Å²) in [6.45, 7) is 4.13. The minimum absolute atomic E-state index is 0.472. The largest absolute Gasteiger partial charge is 0.459 e. The SMILES string of the molecule is CC1CC2CC(C1)CC(C)(OC(=O)CC(O)(CC(=O)OC13CC4CC(CC(C4)C1)C3)C(=O)OF)C2. The minimum atomic E-state index is -2.67. The van der Waals surface area contributed by atoms with Gasteiger partial charge in [-0.05, 0) is 113 Å². The van der Waals surface area contributed by atoms with Gasteiger partial charge in [0.15, 0.2) is 5.60 Å². The van der Waals surface area contributed by atoms with E-state index in [0.29, 0.717) is 35.5 Å². The van der Waals surface area contributed by atoms with Crippen molar-refractivity contribution in [2.75, 3.05) is 0 Å². The van der Waals surface area contributed by atoms with E-state index in [0.717, 1.165) is 51.4 Å². The molecule has 6 bridgehead atoms. The molecule has 0 aromatic heterocycles. The smallest absolute Gasteiger partial charge is 0.381 e. The van der Waals surface area contributed by atoms with Crippen LogP contribution >= 0.6 is 0 Å². The molecular weight excluding hydrogens is 455 g/mol. The van der Waals surface area contributed by atoms with Gasteiger partial charge in [0.1, 0.15) is 11.2 Å². The molecule has 0 amide bonds. The summed E-state index contributed by atoms with van der Waals surface area (Å²) in [6, 6.07) is 0. The summed E-state index contributed by atoms with van der Waals surface area (Å²) in [5.41, 5.74) is -3.94. The zero-order chi connectivity index (χ0) is 25.0. The van der Waals surface area contributed by atoms with Gasteiger partial charge in [-0.1, -0.05) is 6.92 Å². The molecule has 0 spiro atoms. The van der Waals surface area contributed by atoms with Gasteiger partial charge in [0.25, 0.3) is 0 Å². The molecule has 3 atom stereocenters. The van der Waals surface area contributed by atoms with E-state index in [9.17, 15) is 24.0 Å². The maximum Gasteiger partial charge on any atom is 0.381 e. The van der Waals surface area contributed by atoms with Crippen molar-refractivity contribution in [1.29, 1.82) is 0 Å². The molecule has 0 aromatic rings. The van der Waals surface area contributed by atoms with Gasteiger partial charge < -0.3 is 14.6 Å². The molecule has 0 saturated heterocycles. The Hall–Kier alpha value is -1.70. The molecule has 3 unspecified atom stereocenters. The number of hydrogen-bond acceptors (Lipinski definition) is 7. The number of halogens is 1. The molecule has 6 saturated carbocycles. The quantitative estimate of drug-likeness (QED) is 0.517. The highest BCUT2D eigenvalue weighted by Gasteiger charge is 2.54. The van der Waals surface area contributed by atoms with E-state index in [1.807, 2.05) is 6.92 Å². The first-order valence-corrected chi connectivity index (χ1v) is 13.5. The molecule has 6 aliphatic rings. The van der Waals surface area contributed by atoms with E-state index in [1.54, 1.807) is 0 Å². The van der Waals surface area contributed by atoms with Gasteiger partial charge in [-0.3, -0.25) is 14.5 Å². The third-order valence-electron chi connectivity index (χ3n) is 9.58. The normalized spacial score (nSPS) is 43.2. The monoisotopic (exact) mass is 494 g/mol. The van der Waals surface area contributed by atoms with Crippen molar-refractivity contribution in [2.24, 2.45) is 35.5 Å². The van der Waals surface area contributed by atoms with Crippen LogP contribution in [-0.2, 0) is 28.8 Å². The van der Waals surface area contributed by atoms with E-state index < -0.39 is 47.6 Å². The van der Waals surface area contributed by atoms with Crippen molar-refractivity contribution in [3.8, 4) is 0 Å². The molecule has 6 fully saturated rings. The fourth-order valence-corrected chi connectivity index (χ4v) is 9.12. The Morgan fingerprint density at radius 1 is 0.800 bits per heavy atom. The van der Waals surface area contributed by atoms with Crippen LogP contribution in [0.3, 0.4) is 0 Å². The molecule has 0 aromatic carbocycles. The van der Waals surface area contributed by atoms with Crippen LogP contribution in [0.2, 0.25) is 0 Å². The Bertz CT molecular complexity index is 818. The first-order valence-electron chi connectivity index (χ1n) is 13.5. The van der Waals surface area contributed by atoms with E-state index in [2.05, 4.69) is 11.9 Å². The average molecular weight is 495 g/mol. The van der Waals surface area contributed by atoms with Crippen molar-refractivity contribution in [2.45, 2.75) is 114 Å². The third-order valence-corrected chi connectivity index (χ3v) is 9.58. The Kier molecular flexibility index (Phi) is 6.42. The average Bonchev–Trinajstić information content (AvgIpc) is 2.69. The summed E-state index contributed by atoms with van der Waals surface area (Å²) in [6.07, 6.45) is 8.94. The minimum Gasteiger partial charge on any atom is -0.459 e. The number of fused-ring (bicyclic) bond motifs is 2. The van der Waals surface area contributed by atoms with Gasteiger partial charge in [-0.15, -0.1) is 0 Å². The summed E-state index contributed by atoms with van der Waals surface area (Å²) in [7, 11) is 0. The number of rotatable bonds is 7. The van der Waals surface area contributed by atoms with Crippen LogP contribution in [0.25, 0.3) is 0 Å². The van der Waals surface area contributed by atoms with Crippen LogP contribution < -0.4 is 0 Å². The lowest BCUT2D eigenvalue weighted by atomic mass is 9.54. The fourth-order valence-electron chi connectivity index (χ4n) is 9.12. The predicted octanol–water partition coefficient (Wildman–Crippen LogP) is 4.59. The Morgan fingerprint density at radius 2 is 1.23 bits per heavy atom. The molecule has 0 radical (unpaired) electrons. The molecule has 0 heterocycles. The topological polar surface area (TPSA) is 99.1 Å². The number of esters is 2. The highest BCUT2D eigenvalue weighted by Crippen LogP contribution is 2.57. The van der Waals surface area contributed by atoms with Gasteiger partial charge >= 0.3 is 17.9 Å². The lowest BCUT2D eigenvalue weighted by molar-refractivity contribution is -0.215. The fraction of sp³-hybridized carbons (Fsp3) is 0.889. The number of aliphatic hydroxyl groups is 1. The van der Waals surface area contributed by atoms with Crippen molar-refractivity contribution in [1.82, 2.24) is 0 Å². The summed E-state index contributed by atoms with van der Waals surface area (Å²) in [4.78, 5) is 41.2. The first-order chi connectivity index (χ1) is 16.5. The van der Waals surface area contributed by atoms with Gasteiger partial charge in [0.05, 0.1) is 12.8 Å². The van der Waals surface area contributed by atoms with Gasteiger partial charge in [0.2, 0.25) is 0 Å². The van der Waals surface area contributed by atoms with Crippen molar-refractivity contribution >= 4 is 17.9 Å². The lowest BCUT2D eigenvalue weighted by Gasteiger charge is -2.55. The van der Waals surface area contributed by atoms with Crippen LogP contribution in [0, 0.1) is 35.5 Å². The number of carbonyl (C=O) groups is 3. The maximum absolute atomic E-state index is 12.9. The molecule has 196 valence electrons. The second-order valence-corrected chi connectivity index (χ2v) is 13.2. The zero-order valence-electron chi connectivity index (χ0n) is 20.9. The molecule has 6 aliphatic carbocycles. The lowest BCUT2D eigenvalue weighted by Crippen LogP contribution is -2.54.